The van der Waals surface area contributed by atoms with Crippen LogP contribution >= 0.6 is 0 Å². The molecule has 0 aliphatic heterocycles. The third kappa shape index (κ3) is 4.98. The number of likely N-dealkylation sites (N-methyl/N-ethyl adjacent to an activating group) is 1. The van der Waals surface area contributed by atoms with E-state index in [9.17, 15) is 9.59 Å². The number of nitrogens with two attached hydrogens (primary N) is 1. The molecule has 8 nitrogen and oxygen atoms in total. The fraction of sp³-hybridized carbons (Fsp3) is 0.583. The minimum Gasteiger partial charge on any atom is -0.383 e. The molecule has 0 saturated carbocycles. The van der Waals surface area contributed by atoms with Crippen LogP contribution in [0.1, 0.15) is 10.5 Å². The first-order chi connectivity index (χ1) is 9.58. The van der Waals surface area contributed by atoms with Crippen molar-refractivity contribution in [2.24, 2.45) is 5.73 Å². The summed E-state index contributed by atoms with van der Waals surface area (Å²) in [6, 6.07) is 0. The standard InChI is InChI=1S/C12H21N5O3/c1-16(8-11(18)14-4-6-20-2)12(19)10-7-17(5-3-13)9-15-10/h7,9H,3-6,8,13H2,1-2H3,(H,14,18). The Morgan fingerprint density at radius 1 is 1.55 bits per heavy atom. The average Bonchev–Trinajstić information content (AvgIpc) is 2.87. The summed E-state index contributed by atoms with van der Waals surface area (Å²) >= 11 is 0. The highest BCUT2D eigenvalue weighted by Crippen LogP contribution is 2.00. The zero-order valence-corrected chi connectivity index (χ0v) is 11.8. The number of hydrogen-bond acceptors (Lipinski definition) is 5. The molecule has 3 N–H and O–H groups in total. The van der Waals surface area contributed by atoms with Gasteiger partial charge in [0.2, 0.25) is 5.91 Å². The van der Waals surface area contributed by atoms with Gasteiger partial charge >= 0.3 is 0 Å². The van der Waals surface area contributed by atoms with Crippen LogP contribution in [0.4, 0.5) is 0 Å². The van der Waals surface area contributed by atoms with Gasteiger partial charge < -0.3 is 25.3 Å². The number of nitrogens with one attached hydrogen (secondary N) is 1. The maximum Gasteiger partial charge on any atom is 0.274 e. The zero-order chi connectivity index (χ0) is 15.0. The van der Waals surface area contributed by atoms with E-state index in [0.717, 1.165) is 0 Å². The zero-order valence-electron chi connectivity index (χ0n) is 11.8. The summed E-state index contributed by atoms with van der Waals surface area (Å²) in [5.74, 6) is -0.540. The second-order valence-corrected chi connectivity index (χ2v) is 4.29. The van der Waals surface area contributed by atoms with E-state index < -0.39 is 0 Å². The summed E-state index contributed by atoms with van der Waals surface area (Å²) in [6.45, 7) is 1.91. The third-order valence-electron chi connectivity index (χ3n) is 2.60. The van der Waals surface area contributed by atoms with Gasteiger partial charge in [-0.3, -0.25) is 9.59 Å². The minimum atomic E-state index is -0.303. The lowest BCUT2D eigenvalue weighted by Gasteiger charge is -2.15. The average molecular weight is 283 g/mol. The summed E-state index contributed by atoms with van der Waals surface area (Å²) in [5, 5.41) is 2.65. The highest BCUT2D eigenvalue weighted by atomic mass is 16.5. The second-order valence-electron chi connectivity index (χ2n) is 4.29. The molecule has 1 aromatic heterocycles. The Morgan fingerprint density at radius 3 is 2.95 bits per heavy atom. The quantitative estimate of drug-likeness (QED) is 0.576. The molecular weight excluding hydrogens is 262 g/mol. The van der Waals surface area contributed by atoms with Crippen molar-refractivity contribution >= 4 is 11.8 Å². The molecule has 1 heterocycles. The summed E-state index contributed by atoms with van der Waals surface area (Å²) < 4.78 is 6.56. The van der Waals surface area contributed by atoms with Crippen molar-refractivity contribution < 1.29 is 14.3 Å². The number of aromatic nitrogens is 2. The number of ether oxygens (including phenoxy) is 1. The second kappa shape index (κ2) is 8.28. The van der Waals surface area contributed by atoms with Gasteiger partial charge in [-0.15, -0.1) is 0 Å². The van der Waals surface area contributed by atoms with Crippen molar-refractivity contribution in [3.8, 4) is 0 Å². The van der Waals surface area contributed by atoms with Crippen LogP contribution in [-0.2, 0) is 16.1 Å². The number of rotatable bonds is 8. The highest BCUT2D eigenvalue weighted by molar-refractivity contribution is 5.94. The van der Waals surface area contributed by atoms with E-state index in [1.807, 2.05) is 0 Å². The predicted octanol–water partition coefficient (Wildman–Crippen LogP) is -1.32. The monoisotopic (exact) mass is 283 g/mol. The van der Waals surface area contributed by atoms with Crippen LogP contribution in [0.15, 0.2) is 12.5 Å². The third-order valence-corrected chi connectivity index (χ3v) is 2.60. The Morgan fingerprint density at radius 2 is 2.30 bits per heavy atom. The molecule has 8 heteroatoms. The molecule has 112 valence electrons. The highest BCUT2D eigenvalue weighted by Gasteiger charge is 2.17. The number of nitrogens with zero attached hydrogens (tertiary/aromatic N) is 3. The maximum absolute atomic E-state index is 12.0. The molecule has 0 saturated heterocycles. The van der Waals surface area contributed by atoms with E-state index in [4.69, 9.17) is 10.5 Å². The Bertz CT molecular complexity index is 446. The lowest BCUT2D eigenvalue weighted by Crippen LogP contribution is -2.39. The molecule has 0 atom stereocenters. The van der Waals surface area contributed by atoms with Gasteiger partial charge in [0.15, 0.2) is 0 Å². The van der Waals surface area contributed by atoms with Crippen LogP contribution in [0.5, 0.6) is 0 Å². The van der Waals surface area contributed by atoms with E-state index in [2.05, 4.69) is 10.3 Å². The van der Waals surface area contributed by atoms with Crippen molar-refractivity contribution in [1.82, 2.24) is 19.8 Å². The van der Waals surface area contributed by atoms with Crippen molar-refractivity contribution in [2.75, 3.05) is 40.4 Å². The van der Waals surface area contributed by atoms with Gasteiger partial charge in [-0.2, -0.15) is 0 Å². The Hall–Kier alpha value is -1.93. The first-order valence-electron chi connectivity index (χ1n) is 6.31. The molecule has 0 radical (unpaired) electrons. The summed E-state index contributed by atoms with van der Waals surface area (Å²) in [4.78, 5) is 28.9. The van der Waals surface area contributed by atoms with Gasteiger partial charge in [0.25, 0.3) is 5.91 Å². The van der Waals surface area contributed by atoms with Crippen LogP contribution in [0, 0.1) is 0 Å². The first kappa shape index (κ1) is 16.1. The lowest BCUT2D eigenvalue weighted by atomic mass is 10.4. The van der Waals surface area contributed by atoms with Crippen molar-refractivity contribution in [1.29, 1.82) is 0 Å². The number of methoxy groups -OCH3 is 1. The van der Waals surface area contributed by atoms with E-state index in [-0.39, 0.29) is 18.4 Å². The Labute approximate surface area is 117 Å². The number of hydrogen-bond donors (Lipinski definition) is 2. The molecular formula is C12H21N5O3. The van der Waals surface area contributed by atoms with Gasteiger partial charge in [0.1, 0.15) is 5.69 Å². The van der Waals surface area contributed by atoms with E-state index in [0.29, 0.717) is 31.9 Å². The van der Waals surface area contributed by atoms with E-state index in [1.165, 1.54) is 4.90 Å². The number of carbonyl (C=O) groups is 2. The molecule has 2 amide bonds. The van der Waals surface area contributed by atoms with Gasteiger partial charge in [-0.1, -0.05) is 0 Å². The number of amides is 2. The molecule has 0 unspecified atom stereocenters. The van der Waals surface area contributed by atoms with Crippen molar-refractivity contribution in [3.05, 3.63) is 18.2 Å². The predicted molar refractivity (Wildman–Crippen MR) is 73.1 cm³/mol. The summed E-state index contributed by atoms with van der Waals surface area (Å²) in [7, 11) is 3.11. The molecule has 1 aromatic rings. The molecule has 0 aliphatic rings. The van der Waals surface area contributed by atoms with Crippen LogP contribution in [0.3, 0.4) is 0 Å². The van der Waals surface area contributed by atoms with Gasteiger partial charge in [0.05, 0.1) is 19.5 Å². The van der Waals surface area contributed by atoms with Gasteiger partial charge in [-0.05, 0) is 0 Å². The molecule has 1 rings (SSSR count). The summed E-state index contributed by atoms with van der Waals surface area (Å²) in [5.41, 5.74) is 5.72. The lowest BCUT2D eigenvalue weighted by molar-refractivity contribution is -0.121. The number of carbonyl (C=O) groups excluding carboxylic acids is 2. The number of imidazole rings is 1. The Kier molecular flexibility index (Phi) is 6.68. The minimum absolute atomic E-state index is 0.0215. The van der Waals surface area contributed by atoms with Crippen LogP contribution in [0.2, 0.25) is 0 Å². The molecule has 0 aromatic carbocycles. The maximum atomic E-state index is 12.0. The first-order valence-corrected chi connectivity index (χ1v) is 6.31. The largest absolute Gasteiger partial charge is 0.383 e. The van der Waals surface area contributed by atoms with E-state index in [1.54, 1.807) is 31.2 Å². The summed E-state index contributed by atoms with van der Waals surface area (Å²) in [6.07, 6.45) is 3.17. The van der Waals surface area contributed by atoms with Gasteiger partial charge in [-0.25, -0.2) is 4.98 Å². The fourth-order valence-electron chi connectivity index (χ4n) is 1.57. The Balaban J connectivity index is 2.47. The molecule has 0 aliphatic carbocycles. The van der Waals surface area contributed by atoms with E-state index >= 15 is 0 Å². The molecule has 0 bridgehead atoms. The van der Waals surface area contributed by atoms with Crippen LogP contribution < -0.4 is 11.1 Å². The molecule has 0 fully saturated rings. The molecule has 0 spiro atoms. The van der Waals surface area contributed by atoms with Crippen molar-refractivity contribution in [3.63, 3.8) is 0 Å². The SMILES string of the molecule is COCCNC(=O)CN(C)C(=O)c1cn(CCN)cn1. The van der Waals surface area contributed by atoms with Crippen LogP contribution in [-0.4, -0.2) is 66.7 Å². The topological polar surface area (TPSA) is 102 Å². The van der Waals surface area contributed by atoms with Crippen LogP contribution in [0.25, 0.3) is 0 Å². The smallest absolute Gasteiger partial charge is 0.274 e. The molecule has 20 heavy (non-hydrogen) atoms. The van der Waals surface area contributed by atoms with Gasteiger partial charge in [0, 0.05) is 40.0 Å². The van der Waals surface area contributed by atoms with Crippen molar-refractivity contribution in [2.45, 2.75) is 6.54 Å². The fourth-order valence-corrected chi connectivity index (χ4v) is 1.57. The normalized spacial score (nSPS) is 10.3.